The first-order valence-electron chi connectivity index (χ1n) is 3.34. The van der Waals surface area contributed by atoms with Crippen molar-refractivity contribution in [3.63, 3.8) is 0 Å². The summed E-state index contributed by atoms with van der Waals surface area (Å²) < 4.78 is 0.915. The molecule has 0 amide bonds. The van der Waals surface area contributed by atoms with Gasteiger partial charge in [-0.05, 0) is 12.1 Å². The monoisotopic (exact) mass is 312 g/mol. The van der Waals surface area contributed by atoms with E-state index in [-0.39, 0.29) is 0 Å². The van der Waals surface area contributed by atoms with E-state index in [0.29, 0.717) is 10.4 Å². The van der Waals surface area contributed by atoms with Crippen molar-refractivity contribution in [2.75, 3.05) is 5.33 Å². The Bertz CT molecular complexity index is 278. The Balaban J connectivity index is 3.01. The highest BCUT2D eigenvalue weighted by Crippen LogP contribution is 2.27. The summed E-state index contributed by atoms with van der Waals surface area (Å²) in [6.07, 6.45) is -0.536. The average molecular weight is 314 g/mol. The van der Waals surface area contributed by atoms with Crippen molar-refractivity contribution in [3.8, 4) is 0 Å². The summed E-state index contributed by atoms with van der Waals surface area (Å²) in [6, 6.07) is 5.42. The highest BCUT2D eigenvalue weighted by Gasteiger charge is 2.09. The third-order valence-corrected chi connectivity index (χ3v) is 2.90. The fourth-order valence-electron chi connectivity index (χ4n) is 0.855. The van der Waals surface area contributed by atoms with Crippen LogP contribution in [0.15, 0.2) is 22.7 Å². The molecule has 0 radical (unpaired) electrons. The van der Waals surface area contributed by atoms with Crippen molar-refractivity contribution in [1.82, 2.24) is 0 Å². The largest absolute Gasteiger partial charge is 0.387 e. The summed E-state index contributed by atoms with van der Waals surface area (Å²) in [7, 11) is 0. The van der Waals surface area contributed by atoms with Gasteiger partial charge in [-0.2, -0.15) is 0 Å². The van der Waals surface area contributed by atoms with E-state index in [1.54, 1.807) is 12.1 Å². The fourth-order valence-corrected chi connectivity index (χ4v) is 2.00. The zero-order valence-corrected chi connectivity index (χ0v) is 10.0. The third kappa shape index (κ3) is 2.46. The molecule has 1 atom stereocenters. The van der Waals surface area contributed by atoms with Crippen molar-refractivity contribution < 1.29 is 5.11 Å². The summed E-state index contributed by atoms with van der Waals surface area (Å²) in [5, 5.41) is 10.5. The molecule has 1 N–H and O–H groups in total. The average Bonchev–Trinajstić information content (AvgIpc) is 2.03. The minimum Gasteiger partial charge on any atom is -0.387 e. The Kier molecular flexibility index (Phi) is 4.03. The van der Waals surface area contributed by atoms with Gasteiger partial charge in [0.15, 0.2) is 0 Å². The Labute approximate surface area is 93.0 Å². The Morgan fingerprint density at radius 1 is 1.50 bits per heavy atom. The molecule has 1 aromatic rings. The molecule has 0 saturated carbocycles. The second kappa shape index (κ2) is 4.61. The zero-order valence-electron chi connectivity index (χ0n) is 6.10. The molecule has 1 unspecified atom stereocenters. The molecular formula is C8H7Br2ClO. The number of alkyl halides is 1. The second-order valence-electron chi connectivity index (χ2n) is 2.34. The minimum atomic E-state index is -0.536. The standard InChI is InChI=1S/C8H7Br2ClO/c9-4-8(12)6-2-1-5(10)3-7(6)11/h1-3,8,12H,4H2. The predicted octanol–water partition coefficient (Wildman–Crippen LogP) is 3.53. The van der Waals surface area contributed by atoms with E-state index in [4.69, 9.17) is 11.6 Å². The SMILES string of the molecule is OC(CBr)c1ccc(Br)cc1Cl. The topological polar surface area (TPSA) is 20.2 Å². The van der Waals surface area contributed by atoms with Crippen LogP contribution in [0, 0.1) is 0 Å². The number of hydrogen-bond acceptors (Lipinski definition) is 1. The van der Waals surface area contributed by atoms with E-state index in [0.717, 1.165) is 10.0 Å². The molecular weight excluding hydrogens is 307 g/mol. The van der Waals surface area contributed by atoms with Gasteiger partial charge in [0.1, 0.15) is 0 Å². The number of aliphatic hydroxyl groups excluding tert-OH is 1. The summed E-state index contributed by atoms with van der Waals surface area (Å²) in [5.74, 6) is 0. The van der Waals surface area contributed by atoms with Crippen LogP contribution in [0.3, 0.4) is 0 Å². The summed E-state index contributed by atoms with van der Waals surface area (Å²) >= 11 is 12.4. The van der Waals surface area contributed by atoms with E-state index in [1.807, 2.05) is 6.07 Å². The van der Waals surface area contributed by atoms with Gasteiger partial charge in [-0.3, -0.25) is 0 Å². The van der Waals surface area contributed by atoms with Gasteiger partial charge in [0, 0.05) is 20.4 Å². The van der Waals surface area contributed by atoms with Crippen molar-refractivity contribution >= 4 is 43.5 Å². The van der Waals surface area contributed by atoms with Crippen molar-refractivity contribution in [2.24, 2.45) is 0 Å². The second-order valence-corrected chi connectivity index (χ2v) is 4.31. The molecule has 1 aromatic carbocycles. The number of benzene rings is 1. The lowest BCUT2D eigenvalue weighted by atomic mass is 10.1. The maximum Gasteiger partial charge on any atom is 0.0901 e. The van der Waals surface area contributed by atoms with Gasteiger partial charge >= 0.3 is 0 Å². The van der Waals surface area contributed by atoms with E-state index in [9.17, 15) is 5.11 Å². The molecule has 0 aliphatic heterocycles. The smallest absolute Gasteiger partial charge is 0.0901 e. The zero-order chi connectivity index (χ0) is 9.14. The molecule has 0 aromatic heterocycles. The summed E-state index contributed by atoms with van der Waals surface area (Å²) in [4.78, 5) is 0. The molecule has 0 fully saturated rings. The van der Waals surface area contributed by atoms with Crippen LogP contribution in [0.4, 0.5) is 0 Å². The van der Waals surface area contributed by atoms with Crippen LogP contribution in [0.25, 0.3) is 0 Å². The minimum absolute atomic E-state index is 0.494. The first kappa shape index (κ1) is 10.5. The Morgan fingerprint density at radius 2 is 2.17 bits per heavy atom. The highest BCUT2D eigenvalue weighted by atomic mass is 79.9. The van der Waals surface area contributed by atoms with Gasteiger partial charge in [-0.1, -0.05) is 49.5 Å². The lowest BCUT2D eigenvalue weighted by Gasteiger charge is -2.09. The molecule has 12 heavy (non-hydrogen) atoms. The first-order valence-corrected chi connectivity index (χ1v) is 5.63. The molecule has 0 aliphatic rings. The molecule has 4 heteroatoms. The lowest BCUT2D eigenvalue weighted by molar-refractivity contribution is 0.205. The maximum atomic E-state index is 9.45. The molecule has 66 valence electrons. The summed E-state index contributed by atoms with van der Waals surface area (Å²) in [5.41, 5.74) is 0.747. The molecule has 1 rings (SSSR count). The van der Waals surface area contributed by atoms with E-state index >= 15 is 0 Å². The van der Waals surface area contributed by atoms with Gasteiger partial charge in [0.2, 0.25) is 0 Å². The van der Waals surface area contributed by atoms with Crippen molar-refractivity contribution in [1.29, 1.82) is 0 Å². The number of rotatable bonds is 2. The van der Waals surface area contributed by atoms with Gasteiger partial charge < -0.3 is 5.11 Å². The molecule has 1 nitrogen and oxygen atoms in total. The molecule has 0 heterocycles. The number of hydrogen-bond donors (Lipinski definition) is 1. The molecule has 0 aliphatic carbocycles. The quantitative estimate of drug-likeness (QED) is 0.828. The van der Waals surface area contributed by atoms with Crippen LogP contribution in [-0.4, -0.2) is 10.4 Å². The van der Waals surface area contributed by atoms with Crippen LogP contribution in [-0.2, 0) is 0 Å². The van der Waals surface area contributed by atoms with Crippen molar-refractivity contribution in [2.45, 2.75) is 6.10 Å². The number of halogens is 3. The number of aliphatic hydroxyl groups is 1. The normalized spacial score (nSPS) is 13.0. The van der Waals surface area contributed by atoms with Crippen molar-refractivity contribution in [3.05, 3.63) is 33.3 Å². The van der Waals surface area contributed by atoms with Crippen LogP contribution < -0.4 is 0 Å². The molecule has 0 bridgehead atoms. The van der Waals surface area contributed by atoms with Crippen LogP contribution in [0.5, 0.6) is 0 Å². The third-order valence-electron chi connectivity index (χ3n) is 1.47. The predicted molar refractivity (Wildman–Crippen MR) is 57.9 cm³/mol. The van der Waals surface area contributed by atoms with Crippen LogP contribution in [0.2, 0.25) is 5.02 Å². The van der Waals surface area contributed by atoms with E-state index in [1.165, 1.54) is 0 Å². The van der Waals surface area contributed by atoms with Gasteiger partial charge in [-0.25, -0.2) is 0 Å². The van der Waals surface area contributed by atoms with Gasteiger partial charge in [-0.15, -0.1) is 0 Å². The van der Waals surface area contributed by atoms with Gasteiger partial charge in [0.05, 0.1) is 6.10 Å². The van der Waals surface area contributed by atoms with E-state index < -0.39 is 6.10 Å². The Morgan fingerprint density at radius 3 is 2.67 bits per heavy atom. The fraction of sp³-hybridized carbons (Fsp3) is 0.250. The van der Waals surface area contributed by atoms with Crippen LogP contribution in [0.1, 0.15) is 11.7 Å². The van der Waals surface area contributed by atoms with Gasteiger partial charge in [0.25, 0.3) is 0 Å². The lowest BCUT2D eigenvalue weighted by Crippen LogP contribution is -1.98. The van der Waals surface area contributed by atoms with E-state index in [2.05, 4.69) is 31.9 Å². The Hall–Kier alpha value is 0.430. The first-order chi connectivity index (χ1) is 5.65. The van der Waals surface area contributed by atoms with Crippen LogP contribution >= 0.6 is 43.5 Å². The molecule has 0 saturated heterocycles. The molecule has 0 spiro atoms. The summed E-state index contributed by atoms with van der Waals surface area (Å²) in [6.45, 7) is 0. The highest BCUT2D eigenvalue weighted by molar-refractivity contribution is 9.10. The maximum absolute atomic E-state index is 9.45.